The van der Waals surface area contributed by atoms with Crippen molar-refractivity contribution in [2.75, 3.05) is 24.1 Å². The first-order chi connectivity index (χ1) is 8.40. The molecular formula is C13H20ClN3O. The zero-order valence-corrected chi connectivity index (χ0v) is 11.8. The Morgan fingerprint density at radius 2 is 2.11 bits per heavy atom. The lowest BCUT2D eigenvalue weighted by atomic mass is 10.2. The molecule has 0 aliphatic carbocycles. The van der Waals surface area contributed by atoms with Crippen LogP contribution >= 0.6 is 11.6 Å². The van der Waals surface area contributed by atoms with Gasteiger partial charge in [0.2, 0.25) is 5.91 Å². The molecule has 100 valence electrons. The summed E-state index contributed by atoms with van der Waals surface area (Å²) >= 11 is 5.94. The first kappa shape index (κ1) is 14.6. The number of halogens is 1. The average molecular weight is 270 g/mol. The van der Waals surface area contributed by atoms with E-state index in [1.54, 1.807) is 12.1 Å². The molecular weight excluding hydrogens is 250 g/mol. The highest BCUT2D eigenvalue weighted by molar-refractivity contribution is 6.33. The van der Waals surface area contributed by atoms with Crippen molar-refractivity contribution in [3.05, 3.63) is 22.7 Å². The molecule has 1 aromatic carbocycles. The zero-order chi connectivity index (χ0) is 13.7. The minimum atomic E-state index is -0.0314. The SMILES string of the molecule is Cc1cc(N)c(Cl)cc1NCC(=O)NCC(C)C. The number of aryl methyl sites for hydroxylation is 1. The van der Waals surface area contributed by atoms with Crippen molar-refractivity contribution < 1.29 is 4.79 Å². The van der Waals surface area contributed by atoms with Crippen molar-refractivity contribution in [1.29, 1.82) is 0 Å². The molecule has 0 bridgehead atoms. The summed E-state index contributed by atoms with van der Waals surface area (Å²) in [4.78, 5) is 11.6. The van der Waals surface area contributed by atoms with E-state index in [4.69, 9.17) is 17.3 Å². The molecule has 5 heteroatoms. The summed E-state index contributed by atoms with van der Waals surface area (Å²) in [6.07, 6.45) is 0. The van der Waals surface area contributed by atoms with Gasteiger partial charge in [0, 0.05) is 12.2 Å². The number of nitrogens with two attached hydrogens (primary N) is 1. The van der Waals surface area contributed by atoms with Crippen molar-refractivity contribution in [1.82, 2.24) is 5.32 Å². The summed E-state index contributed by atoms with van der Waals surface area (Å²) in [5, 5.41) is 6.38. The summed E-state index contributed by atoms with van der Waals surface area (Å²) in [5.41, 5.74) is 8.03. The van der Waals surface area contributed by atoms with E-state index in [0.29, 0.717) is 23.2 Å². The molecule has 4 nitrogen and oxygen atoms in total. The number of carbonyl (C=O) groups excluding carboxylic acids is 1. The van der Waals surface area contributed by atoms with Crippen LogP contribution in [0.15, 0.2) is 12.1 Å². The Bertz CT molecular complexity index is 432. The Morgan fingerprint density at radius 3 is 2.72 bits per heavy atom. The topological polar surface area (TPSA) is 67.1 Å². The van der Waals surface area contributed by atoms with E-state index in [1.807, 2.05) is 6.92 Å². The molecule has 1 aromatic rings. The second kappa shape index (κ2) is 6.50. The van der Waals surface area contributed by atoms with Crippen LogP contribution in [0, 0.1) is 12.8 Å². The maximum Gasteiger partial charge on any atom is 0.239 e. The van der Waals surface area contributed by atoms with Crippen LogP contribution in [0.1, 0.15) is 19.4 Å². The smallest absolute Gasteiger partial charge is 0.239 e. The summed E-state index contributed by atoms with van der Waals surface area (Å²) in [6.45, 7) is 6.94. The minimum absolute atomic E-state index is 0.0314. The number of rotatable bonds is 5. The van der Waals surface area contributed by atoms with E-state index >= 15 is 0 Å². The number of anilines is 2. The fraction of sp³-hybridized carbons (Fsp3) is 0.462. The number of nitrogen functional groups attached to an aromatic ring is 1. The lowest BCUT2D eigenvalue weighted by Gasteiger charge is -2.12. The second-order valence-electron chi connectivity index (χ2n) is 4.74. The molecule has 0 saturated heterocycles. The van der Waals surface area contributed by atoms with Crippen molar-refractivity contribution in [2.45, 2.75) is 20.8 Å². The van der Waals surface area contributed by atoms with Crippen LogP contribution in [0.4, 0.5) is 11.4 Å². The standard InChI is InChI=1S/C13H20ClN3O/c1-8(2)6-17-13(18)7-16-12-5-10(14)11(15)4-9(12)3/h4-5,8,16H,6-7,15H2,1-3H3,(H,17,18). The molecule has 0 aliphatic heterocycles. The Hall–Kier alpha value is -1.42. The summed E-state index contributed by atoms with van der Waals surface area (Å²) < 4.78 is 0. The third-order valence-electron chi connectivity index (χ3n) is 2.49. The van der Waals surface area contributed by atoms with Gasteiger partial charge in [0.15, 0.2) is 0 Å². The molecule has 0 fully saturated rings. The molecule has 1 rings (SSSR count). The second-order valence-corrected chi connectivity index (χ2v) is 5.15. The fourth-order valence-electron chi connectivity index (χ4n) is 1.45. The summed E-state index contributed by atoms with van der Waals surface area (Å²) in [5.74, 6) is 0.415. The first-order valence-electron chi connectivity index (χ1n) is 5.96. The van der Waals surface area contributed by atoms with E-state index in [2.05, 4.69) is 24.5 Å². The molecule has 0 aliphatic rings. The molecule has 4 N–H and O–H groups in total. The predicted molar refractivity (Wildman–Crippen MR) is 76.9 cm³/mol. The number of hydrogen-bond acceptors (Lipinski definition) is 3. The van der Waals surface area contributed by atoms with Gasteiger partial charge in [0.05, 0.1) is 17.3 Å². The van der Waals surface area contributed by atoms with E-state index in [9.17, 15) is 4.79 Å². The monoisotopic (exact) mass is 269 g/mol. The molecule has 0 heterocycles. The highest BCUT2D eigenvalue weighted by Gasteiger charge is 2.06. The van der Waals surface area contributed by atoms with Crippen LogP contribution < -0.4 is 16.4 Å². The van der Waals surface area contributed by atoms with Gasteiger partial charge in [0.25, 0.3) is 0 Å². The third-order valence-corrected chi connectivity index (χ3v) is 2.82. The Kier molecular flexibility index (Phi) is 5.28. The Balaban J connectivity index is 2.53. The highest BCUT2D eigenvalue weighted by atomic mass is 35.5. The van der Waals surface area contributed by atoms with Gasteiger partial charge in [-0.1, -0.05) is 25.4 Å². The lowest BCUT2D eigenvalue weighted by Crippen LogP contribution is -2.32. The zero-order valence-electron chi connectivity index (χ0n) is 11.0. The fourth-order valence-corrected chi connectivity index (χ4v) is 1.61. The molecule has 0 saturated carbocycles. The van der Waals surface area contributed by atoms with Crippen LogP contribution in [-0.2, 0) is 4.79 Å². The average Bonchev–Trinajstić information content (AvgIpc) is 2.29. The maximum atomic E-state index is 11.6. The number of nitrogens with one attached hydrogen (secondary N) is 2. The molecule has 0 unspecified atom stereocenters. The van der Waals surface area contributed by atoms with Gasteiger partial charge >= 0.3 is 0 Å². The van der Waals surface area contributed by atoms with Crippen LogP contribution in [0.5, 0.6) is 0 Å². The van der Waals surface area contributed by atoms with Gasteiger partial charge in [-0.05, 0) is 30.5 Å². The first-order valence-corrected chi connectivity index (χ1v) is 6.34. The highest BCUT2D eigenvalue weighted by Crippen LogP contribution is 2.26. The quantitative estimate of drug-likeness (QED) is 0.719. The van der Waals surface area contributed by atoms with E-state index < -0.39 is 0 Å². The Labute approximate surface area is 113 Å². The van der Waals surface area contributed by atoms with E-state index in [0.717, 1.165) is 11.3 Å². The molecule has 0 radical (unpaired) electrons. The Morgan fingerprint density at radius 1 is 1.44 bits per heavy atom. The third kappa shape index (κ3) is 4.45. The molecule has 1 amide bonds. The van der Waals surface area contributed by atoms with Crippen molar-refractivity contribution in [2.24, 2.45) is 5.92 Å². The molecule has 18 heavy (non-hydrogen) atoms. The maximum absolute atomic E-state index is 11.6. The van der Waals surface area contributed by atoms with Crippen molar-refractivity contribution in [3.8, 4) is 0 Å². The van der Waals surface area contributed by atoms with Gasteiger partial charge < -0.3 is 16.4 Å². The number of amides is 1. The van der Waals surface area contributed by atoms with Gasteiger partial charge in [-0.25, -0.2) is 0 Å². The molecule has 0 aromatic heterocycles. The molecule has 0 spiro atoms. The summed E-state index contributed by atoms with van der Waals surface area (Å²) in [6, 6.07) is 3.53. The number of carbonyl (C=O) groups is 1. The van der Waals surface area contributed by atoms with Gasteiger partial charge in [-0.2, -0.15) is 0 Å². The minimum Gasteiger partial charge on any atom is -0.398 e. The normalized spacial score (nSPS) is 10.5. The van der Waals surface area contributed by atoms with Crippen LogP contribution in [0.3, 0.4) is 0 Å². The van der Waals surface area contributed by atoms with Gasteiger partial charge in [-0.15, -0.1) is 0 Å². The van der Waals surface area contributed by atoms with E-state index in [-0.39, 0.29) is 12.5 Å². The van der Waals surface area contributed by atoms with E-state index in [1.165, 1.54) is 0 Å². The number of benzene rings is 1. The van der Waals surface area contributed by atoms with Crippen molar-refractivity contribution in [3.63, 3.8) is 0 Å². The molecule has 0 atom stereocenters. The largest absolute Gasteiger partial charge is 0.398 e. The lowest BCUT2D eigenvalue weighted by molar-refractivity contribution is -0.119. The van der Waals surface area contributed by atoms with Gasteiger partial charge in [-0.3, -0.25) is 4.79 Å². The van der Waals surface area contributed by atoms with Crippen LogP contribution in [0.2, 0.25) is 5.02 Å². The van der Waals surface area contributed by atoms with Gasteiger partial charge in [0.1, 0.15) is 0 Å². The van der Waals surface area contributed by atoms with Crippen molar-refractivity contribution >= 4 is 28.9 Å². The van der Waals surface area contributed by atoms with Crippen LogP contribution in [0.25, 0.3) is 0 Å². The summed E-state index contributed by atoms with van der Waals surface area (Å²) in [7, 11) is 0. The van der Waals surface area contributed by atoms with Crippen LogP contribution in [-0.4, -0.2) is 19.0 Å². The number of hydrogen-bond donors (Lipinski definition) is 3. The predicted octanol–water partition coefficient (Wildman–Crippen LogP) is 2.41.